The monoisotopic (exact) mass is 1590 g/mol. The van der Waals surface area contributed by atoms with Gasteiger partial charge in [-0.15, -0.1) is 0 Å². The minimum absolute atomic E-state index is 0.0848. The molecule has 0 aliphatic heterocycles. The van der Waals surface area contributed by atoms with Crippen LogP contribution in [0.2, 0.25) is 0 Å². The van der Waals surface area contributed by atoms with E-state index in [1.807, 2.05) is 0 Å². The summed E-state index contributed by atoms with van der Waals surface area (Å²) in [4.78, 5) is 73.3. The van der Waals surface area contributed by atoms with Crippen LogP contribution in [0.25, 0.3) is 0 Å². The van der Waals surface area contributed by atoms with Crippen LogP contribution in [0.15, 0.2) is 24.3 Å². The Kier molecular flexibility index (Phi) is 78.9. The van der Waals surface area contributed by atoms with Crippen LogP contribution in [-0.4, -0.2) is 96.7 Å². The van der Waals surface area contributed by atoms with E-state index in [9.17, 15) is 43.2 Å². The maximum absolute atomic E-state index is 13.2. The average Bonchev–Trinajstić information content (AvgIpc) is 0.901. The zero-order valence-electron chi connectivity index (χ0n) is 71.4. The highest BCUT2D eigenvalue weighted by molar-refractivity contribution is 7.47. The van der Waals surface area contributed by atoms with Gasteiger partial charge < -0.3 is 33.8 Å². The van der Waals surface area contributed by atoms with Crippen molar-refractivity contribution in [2.75, 3.05) is 39.6 Å². The normalized spacial score (nSPS) is 13.9. The second kappa shape index (κ2) is 80.7. The summed E-state index contributed by atoms with van der Waals surface area (Å²) in [5.74, 6) is -0.585. The van der Waals surface area contributed by atoms with Gasteiger partial charge in [0.15, 0.2) is 12.2 Å². The van der Waals surface area contributed by atoms with Crippen LogP contribution in [0, 0.1) is 11.8 Å². The lowest BCUT2D eigenvalue weighted by molar-refractivity contribution is -0.161. The molecule has 19 heteroatoms. The number of ether oxygens (including phenoxy) is 4. The van der Waals surface area contributed by atoms with Crippen molar-refractivity contribution in [2.45, 2.75) is 477 Å². The van der Waals surface area contributed by atoms with E-state index < -0.39 is 97.5 Å². The largest absolute Gasteiger partial charge is 0.472 e. The Bertz CT molecular complexity index is 2180. The number of rotatable bonds is 87. The molecule has 3 N–H and O–H groups in total. The molecular formula is C90H172O17P2. The number of carbonyl (C=O) groups is 4. The van der Waals surface area contributed by atoms with Gasteiger partial charge in [-0.3, -0.25) is 37.3 Å². The number of phosphoric acid groups is 2. The van der Waals surface area contributed by atoms with Gasteiger partial charge in [0.1, 0.15) is 19.3 Å². The molecule has 0 aromatic carbocycles. The summed E-state index contributed by atoms with van der Waals surface area (Å²) >= 11 is 0. The number of phosphoric ester groups is 2. The number of hydrogen-bond acceptors (Lipinski definition) is 15. The Morgan fingerprint density at radius 3 is 0.752 bits per heavy atom. The lowest BCUT2D eigenvalue weighted by Crippen LogP contribution is -2.30. The molecule has 0 aromatic heterocycles. The molecule has 0 aliphatic rings. The quantitative estimate of drug-likeness (QED) is 0.0169. The van der Waals surface area contributed by atoms with Gasteiger partial charge in [0.25, 0.3) is 0 Å². The van der Waals surface area contributed by atoms with E-state index in [1.54, 1.807) is 0 Å². The predicted octanol–water partition coefficient (Wildman–Crippen LogP) is 27.3. The van der Waals surface area contributed by atoms with Crippen molar-refractivity contribution in [3.63, 3.8) is 0 Å². The van der Waals surface area contributed by atoms with Crippen molar-refractivity contribution >= 4 is 39.5 Å². The first-order valence-corrected chi connectivity index (χ1v) is 48.8. The highest BCUT2D eigenvalue weighted by Gasteiger charge is 2.30. The molecule has 0 radical (unpaired) electrons. The van der Waals surface area contributed by atoms with Crippen LogP contribution in [0.3, 0.4) is 0 Å². The molecule has 0 aromatic rings. The summed E-state index contributed by atoms with van der Waals surface area (Å²) in [6.45, 7) is 9.62. The Morgan fingerprint density at radius 1 is 0.284 bits per heavy atom. The fourth-order valence-electron chi connectivity index (χ4n) is 13.6. The molecule has 2 unspecified atom stereocenters. The number of allylic oxidation sites excluding steroid dienone is 4. The van der Waals surface area contributed by atoms with Crippen molar-refractivity contribution in [3.8, 4) is 0 Å². The van der Waals surface area contributed by atoms with Gasteiger partial charge >= 0.3 is 39.5 Å². The minimum Gasteiger partial charge on any atom is -0.462 e. The van der Waals surface area contributed by atoms with Gasteiger partial charge in [-0.25, -0.2) is 9.13 Å². The van der Waals surface area contributed by atoms with Crippen LogP contribution >= 0.6 is 15.6 Å². The van der Waals surface area contributed by atoms with E-state index in [2.05, 4.69) is 65.8 Å². The maximum atomic E-state index is 13.2. The third-order valence-corrected chi connectivity index (χ3v) is 22.5. The fourth-order valence-corrected chi connectivity index (χ4v) is 15.2. The van der Waals surface area contributed by atoms with E-state index in [1.165, 1.54) is 257 Å². The lowest BCUT2D eigenvalue weighted by atomic mass is 10.0. The molecule has 0 saturated heterocycles. The van der Waals surface area contributed by atoms with Gasteiger partial charge in [-0.05, 0) is 63.2 Å². The third-order valence-electron chi connectivity index (χ3n) is 20.6. The van der Waals surface area contributed by atoms with Crippen molar-refractivity contribution < 1.29 is 80.2 Å². The topological polar surface area (TPSA) is 237 Å². The van der Waals surface area contributed by atoms with Crippen LogP contribution in [0.4, 0.5) is 0 Å². The molecule has 109 heavy (non-hydrogen) atoms. The number of carbonyl (C=O) groups excluding carboxylic acids is 4. The lowest BCUT2D eigenvalue weighted by Gasteiger charge is -2.21. The Balaban J connectivity index is 5.25. The summed E-state index contributed by atoms with van der Waals surface area (Å²) in [6, 6.07) is 0. The van der Waals surface area contributed by atoms with Crippen LogP contribution < -0.4 is 0 Å². The van der Waals surface area contributed by atoms with E-state index in [4.69, 9.17) is 37.0 Å². The zero-order chi connectivity index (χ0) is 79.9. The van der Waals surface area contributed by atoms with Gasteiger partial charge in [0.05, 0.1) is 26.4 Å². The van der Waals surface area contributed by atoms with Crippen LogP contribution in [0.1, 0.15) is 459 Å². The number of aliphatic hydroxyl groups is 1. The first-order valence-electron chi connectivity index (χ1n) is 45.8. The molecule has 0 bridgehead atoms. The molecule has 0 fully saturated rings. The van der Waals surface area contributed by atoms with Crippen molar-refractivity contribution in [1.29, 1.82) is 0 Å². The second-order valence-corrected chi connectivity index (χ2v) is 35.5. The smallest absolute Gasteiger partial charge is 0.462 e. The van der Waals surface area contributed by atoms with Gasteiger partial charge in [-0.2, -0.15) is 0 Å². The van der Waals surface area contributed by atoms with E-state index in [0.717, 1.165) is 121 Å². The van der Waals surface area contributed by atoms with Gasteiger partial charge in [0, 0.05) is 25.7 Å². The summed E-state index contributed by atoms with van der Waals surface area (Å²) < 4.78 is 68.9. The molecule has 0 heterocycles. The molecule has 0 rings (SSSR count). The summed E-state index contributed by atoms with van der Waals surface area (Å²) in [5, 5.41) is 10.7. The van der Waals surface area contributed by atoms with Crippen LogP contribution in [-0.2, 0) is 65.4 Å². The molecule has 17 nitrogen and oxygen atoms in total. The summed E-state index contributed by atoms with van der Waals surface area (Å²) in [6.07, 6.45) is 77.4. The number of esters is 4. The molecule has 5 atom stereocenters. The van der Waals surface area contributed by atoms with Gasteiger partial charge in [0.2, 0.25) is 0 Å². The number of aliphatic hydroxyl groups excluding tert-OH is 1. The molecule has 0 saturated carbocycles. The molecule has 0 aliphatic carbocycles. The molecule has 0 spiro atoms. The first-order chi connectivity index (χ1) is 52.9. The number of hydrogen-bond donors (Lipinski definition) is 3. The number of unbranched alkanes of at least 4 members (excludes halogenated alkanes) is 54. The SMILES string of the molecule is CCCCCC/C=C\C=C/CCCCCCCC(=O)O[C@H](COC(=O)CCCCCCCCCCC(C)C)COP(=O)(O)OC[C@H](O)COP(=O)(O)OC[C@@H](COC(=O)CCCCCCCCCCCCCCCCCCCCC(C)C)OC(=O)CCCCCCCCCCCCCCCCCCCCCCCC. The minimum atomic E-state index is -4.97. The fraction of sp³-hybridized carbons (Fsp3) is 0.911. The third kappa shape index (κ3) is 83.3. The summed E-state index contributed by atoms with van der Waals surface area (Å²) in [7, 11) is -9.95. The van der Waals surface area contributed by atoms with Crippen molar-refractivity contribution in [2.24, 2.45) is 11.8 Å². The van der Waals surface area contributed by atoms with E-state index in [0.29, 0.717) is 25.7 Å². The van der Waals surface area contributed by atoms with E-state index >= 15 is 0 Å². The van der Waals surface area contributed by atoms with Crippen molar-refractivity contribution in [3.05, 3.63) is 24.3 Å². The molecular weight excluding hydrogens is 1410 g/mol. The first kappa shape index (κ1) is 107. The van der Waals surface area contributed by atoms with Crippen molar-refractivity contribution in [1.82, 2.24) is 0 Å². The highest BCUT2D eigenvalue weighted by Crippen LogP contribution is 2.45. The Morgan fingerprint density at radius 2 is 0.495 bits per heavy atom. The van der Waals surface area contributed by atoms with Gasteiger partial charge in [-0.1, -0.05) is 406 Å². The highest BCUT2D eigenvalue weighted by atomic mass is 31.2. The Labute approximate surface area is 669 Å². The molecule has 0 amide bonds. The second-order valence-electron chi connectivity index (χ2n) is 32.6. The molecule has 644 valence electrons. The standard InChI is InChI=1S/C90H172O17P2/c1-7-9-11-13-15-17-19-21-23-24-25-26-27-28-33-37-41-45-49-57-63-69-75-89(94)106-85(78-100-87(92)72-66-60-54-47-43-39-36-32-30-29-31-35-38-42-46-52-58-64-70-82(3)4)80-104-108(96,97)102-76-84(91)77-103-109(98,99)105-81-86(79-101-88(93)73-67-61-55-51-50-53-59-65-71-83(5)6)107-90(95)74-68-62-56-48-44-40-34-22-20-18-16-14-12-10-8-2/h18,20,22,34,82-86,91H,7-17,19,21,23-33,35-81H2,1-6H3,(H,96,97)(H,98,99)/b20-18-,34-22-/t84-,85-,86-/m1/s1. The van der Waals surface area contributed by atoms with Crippen LogP contribution in [0.5, 0.6) is 0 Å². The summed E-state index contributed by atoms with van der Waals surface area (Å²) in [5.41, 5.74) is 0. The zero-order valence-corrected chi connectivity index (χ0v) is 73.1. The van der Waals surface area contributed by atoms with E-state index in [-0.39, 0.29) is 25.7 Å². The predicted molar refractivity (Wildman–Crippen MR) is 451 cm³/mol. The average molecular weight is 1590 g/mol. The maximum Gasteiger partial charge on any atom is 0.472 e. The Hall–Kier alpha value is -2.46.